The predicted molar refractivity (Wildman–Crippen MR) is 161 cm³/mol. The first kappa shape index (κ1) is 33.0. The average Bonchev–Trinajstić information content (AvgIpc) is 2.84. The van der Waals surface area contributed by atoms with Crippen LogP contribution in [-0.2, 0) is 18.4 Å². The molecule has 0 amide bonds. The van der Waals surface area contributed by atoms with Crippen LogP contribution in [0.2, 0.25) is 0 Å². The van der Waals surface area contributed by atoms with Crippen LogP contribution >= 0.6 is 0 Å². The van der Waals surface area contributed by atoms with Crippen LogP contribution in [0.5, 0.6) is 5.75 Å². The molecule has 0 heterocycles. The van der Waals surface area contributed by atoms with E-state index in [0.717, 1.165) is 31.6 Å². The normalized spacial score (nSPS) is 12.1. The van der Waals surface area contributed by atoms with E-state index in [0.29, 0.717) is 5.75 Å². The molecule has 0 aliphatic rings. The molecule has 2 nitrogen and oxygen atoms in total. The molecule has 0 bridgehead atoms. The Labute approximate surface area is 226 Å². The zero-order valence-electron chi connectivity index (χ0n) is 25.4. The Morgan fingerprint density at radius 2 is 1.00 bits per heavy atom. The summed E-state index contributed by atoms with van der Waals surface area (Å²) in [4.78, 5) is 2.65. The average molecular weight is 502 g/mol. The van der Waals surface area contributed by atoms with E-state index in [-0.39, 0.29) is 5.41 Å². The van der Waals surface area contributed by atoms with Gasteiger partial charge in [-0.2, -0.15) is 0 Å². The number of unbranched alkanes of at least 4 members (excludes halogenated alkanes) is 14. The van der Waals surface area contributed by atoms with Crippen molar-refractivity contribution in [3.05, 3.63) is 28.8 Å². The molecule has 0 aliphatic heterocycles. The fourth-order valence-electron chi connectivity index (χ4n) is 5.17. The molecule has 0 saturated heterocycles. The first-order chi connectivity index (χ1) is 17.3. The number of aromatic hydroxyl groups is 1. The van der Waals surface area contributed by atoms with E-state index >= 15 is 0 Å². The minimum absolute atomic E-state index is 0.1000. The van der Waals surface area contributed by atoms with Gasteiger partial charge in [0.15, 0.2) is 0 Å². The number of benzene rings is 1. The van der Waals surface area contributed by atoms with Crippen LogP contribution in [0.1, 0.15) is 167 Å². The van der Waals surface area contributed by atoms with Gasteiger partial charge in [-0.05, 0) is 55.3 Å². The van der Waals surface area contributed by atoms with Crippen molar-refractivity contribution in [1.29, 1.82) is 0 Å². The van der Waals surface area contributed by atoms with Crippen molar-refractivity contribution in [1.82, 2.24) is 4.90 Å². The largest absolute Gasteiger partial charge is 0.507 e. The number of nitrogens with zero attached hydrogens (tertiary/aromatic N) is 1. The van der Waals surface area contributed by atoms with E-state index in [1.165, 1.54) is 120 Å². The van der Waals surface area contributed by atoms with E-state index in [1.54, 1.807) is 0 Å². The van der Waals surface area contributed by atoms with Crippen LogP contribution < -0.4 is 0 Å². The molecular weight excluding hydrogens is 438 g/mol. The second-order valence-corrected chi connectivity index (χ2v) is 12.4. The molecular formula is C34H63NO. The number of phenolic OH excluding ortho intramolecular Hbond substituents is 1. The molecule has 0 spiro atoms. The molecule has 0 unspecified atom stereocenters. The number of rotatable bonds is 22. The van der Waals surface area contributed by atoms with Crippen LogP contribution in [0, 0.1) is 0 Å². The van der Waals surface area contributed by atoms with E-state index in [1.807, 2.05) is 0 Å². The van der Waals surface area contributed by atoms with Crippen LogP contribution in [0.15, 0.2) is 12.1 Å². The quantitative estimate of drug-likeness (QED) is 0.160. The second-order valence-electron chi connectivity index (χ2n) is 12.4. The maximum atomic E-state index is 11.3. The lowest BCUT2D eigenvalue weighted by atomic mass is 9.84. The Hall–Kier alpha value is -1.02. The SMILES string of the molecule is CCCCCCCCN(CCCCCCCC)Cc1cc(C(C)(C)C)cc(CCCCCCC)c1O. The Kier molecular flexibility index (Phi) is 18.3. The van der Waals surface area contributed by atoms with Crippen LogP contribution in [-0.4, -0.2) is 23.1 Å². The minimum atomic E-state index is 0.1000. The van der Waals surface area contributed by atoms with Gasteiger partial charge in [0, 0.05) is 12.1 Å². The van der Waals surface area contributed by atoms with Crippen molar-refractivity contribution in [3.8, 4) is 5.75 Å². The first-order valence-corrected chi connectivity index (χ1v) is 15.9. The van der Waals surface area contributed by atoms with Crippen molar-refractivity contribution in [2.45, 2.75) is 169 Å². The van der Waals surface area contributed by atoms with Gasteiger partial charge in [-0.25, -0.2) is 0 Å². The highest BCUT2D eigenvalue weighted by atomic mass is 16.3. The number of hydrogen-bond donors (Lipinski definition) is 1. The molecule has 0 saturated carbocycles. The molecule has 0 aliphatic carbocycles. The Morgan fingerprint density at radius 3 is 1.47 bits per heavy atom. The monoisotopic (exact) mass is 501 g/mol. The first-order valence-electron chi connectivity index (χ1n) is 15.9. The standard InChI is InChI=1S/C34H63NO/c1-7-10-13-16-19-22-25-35(26-23-20-17-14-11-8-2)29-31-28-32(34(4,5)6)27-30(33(31)36)24-21-18-15-12-9-3/h27-28,36H,7-26,29H2,1-6H3. The summed E-state index contributed by atoms with van der Waals surface area (Å²) in [7, 11) is 0. The summed E-state index contributed by atoms with van der Waals surface area (Å²) in [6.45, 7) is 17.0. The van der Waals surface area contributed by atoms with Gasteiger partial charge in [0.2, 0.25) is 0 Å². The minimum Gasteiger partial charge on any atom is -0.507 e. The Balaban J connectivity index is 2.89. The van der Waals surface area contributed by atoms with Crippen LogP contribution in [0.4, 0.5) is 0 Å². The van der Waals surface area contributed by atoms with Crippen molar-refractivity contribution >= 4 is 0 Å². The number of aryl methyl sites for hydroxylation is 1. The van der Waals surface area contributed by atoms with Gasteiger partial charge in [0.05, 0.1) is 0 Å². The maximum Gasteiger partial charge on any atom is 0.123 e. The zero-order chi connectivity index (χ0) is 26.7. The highest BCUT2D eigenvalue weighted by Gasteiger charge is 2.20. The van der Waals surface area contributed by atoms with Gasteiger partial charge in [-0.1, -0.05) is 144 Å². The Morgan fingerprint density at radius 1 is 0.583 bits per heavy atom. The van der Waals surface area contributed by atoms with Crippen molar-refractivity contribution in [3.63, 3.8) is 0 Å². The fraction of sp³-hybridized carbons (Fsp3) is 0.824. The summed E-state index contributed by atoms with van der Waals surface area (Å²) in [5, 5.41) is 11.3. The summed E-state index contributed by atoms with van der Waals surface area (Å²) in [5.41, 5.74) is 3.80. The topological polar surface area (TPSA) is 23.5 Å². The summed E-state index contributed by atoms with van der Waals surface area (Å²) >= 11 is 0. The number of phenols is 1. The van der Waals surface area contributed by atoms with E-state index in [4.69, 9.17) is 0 Å². The molecule has 0 aromatic heterocycles. The predicted octanol–water partition coefficient (Wildman–Crippen LogP) is 10.7. The Bertz CT molecular complexity index is 644. The van der Waals surface area contributed by atoms with Crippen molar-refractivity contribution in [2.75, 3.05) is 13.1 Å². The molecule has 1 N–H and O–H groups in total. The van der Waals surface area contributed by atoms with Gasteiger partial charge in [0.25, 0.3) is 0 Å². The van der Waals surface area contributed by atoms with E-state index in [2.05, 4.69) is 58.6 Å². The third kappa shape index (κ3) is 14.7. The lowest BCUT2D eigenvalue weighted by Gasteiger charge is -2.26. The highest BCUT2D eigenvalue weighted by Crippen LogP contribution is 2.33. The fourth-order valence-corrected chi connectivity index (χ4v) is 5.17. The molecule has 36 heavy (non-hydrogen) atoms. The highest BCUT2D eigenvalue weighted by molar-refractivity contribution is 5.46. The molecule has 2 heteroatoms. The molecule has 1 rings (SSSR count). The van der Waals surface area contributed by atoms with Gasteiger partial charge in [-0.15, -0.1) is 0 Å². The smallest absolute Gasteiger partial charge is 0.123 e. The van der Waals surface area contributed by atoms with E-state index in [9.17, 15) is 5.11 Å². The van der Waals surface area contributed by atoms with Crippen molar-refractivity contribution in [2.24, 2.45) is 0 Å². The molecule has 1 aromatic rings. The van der Waals surface area contributed by atoms with Crippen LogP contribution in [0.3, 0.4) is 0 Å². The third-order valence-electron chi connectivity index (χ3n) is 7.73. The summed E-state index contributed by atoms with van der Waals surface area (Å²) in [5.74, 6) is 0.578. The molecule has 210 valence electrons. The zero-order valence-corrected chi connectivity index (χ0v) is 25.4. The van der Waals surface area contributed by atoms with Gasteiger partial charge < -0.3 is 5.11 Å². The van der Waals surface area contributed by atoms with E-state index < -0.39 is 0 Å². The van der Waals surface area contributed by atoms with Gasteiger partial charge in [-0.3, -0.25) is 4.90 Å². The molecule has 0 radical (unpaired) electrons. The summed E-state index contributed by atoms with van der Waals surface area (Å²) in [6, 6.07) is 4.61. The second kappa shape index (κ2) is 20.0. The van der Waals surface area contributed by atoms with Crippen LogP contribution in [0.25, 0.3) is 0 Å². The summed E-state index contributed by atoms with van der Waals surface area (Å²) < 4.78 is 0. The lowest BCUT2D eigenvalue weighted by Crippen LogP contribution is -2.26. The molecule has 1 aromatic carbocycles. The summed E-state index contributed by atoms with van der Waals surface area (Å²) in [6.07, 6.45) is 23.5. The van der Waals surface area contributed by atoms with Gasteiger partial charge in [0.1, 0.15) is 5.75 Å². The molecule has 0 fully saturated rings. The van der Waals surface area contributed by atoms with Gasteiger partial charge >= 0.3 is 0 Å². The third-order valence-corrected chi connectivity index (χ3v) is 7.73. The van der Waals surface area contributed by atoms with Crippen molar-refractivity contribution < 1.29 is 5.11 Å². The lowest BCUT2D eigenvalue weighted by molar-refractivity contribution is 0.248. The number of hydrogen-bond acceptors (Lipinski definition) is 2. The molecule has 0 atom stereocenters. The maximum absolute atomic E-state index is 11.3.